The van der Waals surface area contributed by atoms with Crippen LogP contribution in [0.1, 0.15) is 25.7 Å². The monoisotopic (exact) mass is 335 g/mol. The van der Waals surface area contributed by atoms with Gasteiger partial charge in [-0.2, -0.15) is 0 Å². The molecule has 1 saturated heterocycles. The molecule has 0 radical (unpaired) electrons. The molecule has 1 aliphatic carbocycles. The first-order valence-electron chi connectivity index (χ1n) is 8.62. The molecule has 2 fully saturated rings. The Morgan fingerprint density at radius 3 is 2.67 bits per heavy atom. The lowest BCUT2D eigenvalue weighted by molar-refractivity contribution is -0.134. The van der Waals surface area contributed by atoms with Crippen LogP contribution in [0.4, 0.5) is 10.1 Å². The molecule has 0 spiro atoms. The molecule has 0 atom stereocenters. The van der Waals surface area contributed by atoms with Crippen molar-refractivity contribution >= 4 is 11.6 Å². The van der Waals surface area contributed by atoms with Crippen LogP contribution in [-0.4, -0.2) is 44.4 Å². The van der Waals surface area contributed by atoms with Crippen LogP contribution in [0.3, 0.4) is 0 Å². The molecular weight excluding hydrogens is 309 g/mol. The number of methoxy groups -OCH3 is 1. The standard InChI is InChI=1S/C18H26FN3O2/c1-24-16-5-3-2-4-15(16)22-8-6-14(7-9-22)21-17(23)13-10-18(19,11-13)12-20/h2-5,13-14H,6-12,20H2,1H3,(H,21,23). The van der Waals surface area contributed by atoms with Crippen molar-refractivity contribution in [2.45, 2.75) is 37.4 Å². The highest BCUT2D eigenvalue weighted by Gasteiger charge is 2.47. The SMILES string of the molecule is COc1ccccc1N1CCC(NC(=O)C2CC(F)(CN)C2)CC1. The normalized spacial score (nSPS) is 27.5. The summed E-state index contributed by atoms with van der Waals surface area (Å²) in [5.74, 6) is 0.633. The summed E-state index contributed by atoms with van der Waals surface area (Å²) in [5, 5.41) is 3.08. The van der Waals surface area contributed by atoms with E-state index in [0.29, 0.717) is 0 Å². The molecule has 1 saturated carbocycles. The average molecular weight is 335 g/mol. The van der Waals surface area contributed by atoms with Crippen LogP contribution in [0.2, 0.25) is 0 Å². The van der Waals surface area contributed by atoms with E-state index >= 15 is 0 Å². The van der Waals surface area contributed by atoms with Gasteiger partial charge in [-0.3, -0.25) is 4.79 Å². The lowest BCUT2D eigenvalue weighted by Crippen LogP contribution is -2.54. The maximum atomic E-state index is 13.8. The maximum Gasteiger partial charge on any atom is 0.223 e. The third-order valence-electron chi connectivity index (χ3n) is 5.23. The number of hydrogen-bond donors (Lipinski definition) is 2. The number of nitrogens with one attached hydrogen (secondary N) is 1. The molecule has 1 aromatic rings. The second-order valence-electron chi connectivity index (χ2n) is 6.90. The zero-order valence-electron chi connectivity index (χ0n) is 14.1. The van der Waals surface area contributed by atoms with Crippen LogP contribution in [0.5, 0.6) is 5.75 Å². The summed E-state index contributed by atoms with van der Waals surface area (Å²) in [5.41, 5.74) is 5.15. The molecule has 3 rings (SSSR count). The van der Waals surface area contributed by atoms with E-state index in [9.17, 15) is 9.18 Å². The van der Waals surface area contributed by atoms with Gasteiger partial charge in [-0.15, -0.1) is 0 Å². The van der Waals surface area contributed by atoms with E-state index in [0.717, 1.165) is 37.4 Å². The molecule has 0 aromatic heterocycles. The van der Waals surface area contributed by atoms with Crippen molar-refractivity contribution in [2.24, 2.45) is 11.7 Å². The van der Waals surface area contributed by atoms with Crippen molar-refractivity contribution in [3.63, 3.8) is 0 Å². The zero-order valence-corrected chi connectivity index (χ0v) is 14.1. The van der Waals surface area contributed by atoms with Crippen LogP contribution >= 0.6 is 0 Å². The summed E-state index contributed by atoms with van der Waals surface area (Å²) in [6, 6.07) is 8.14. The quantitative estimate of drug-likeness (QED) is 0.862. The highest BCUT2D eigenvalue weighted by molar-refractivity contribution is 5.80. The highest BCUT2D eigenvalue weighted by Crippen LogP contribution is 2.40. The Hall–Kier alpha value is -1.82. The van der Waals surface area contributed by atoms with Crippen molar-refractivity contribution in [3.8, 4) is 5.75 Å². The van der Waals surface area contributed by atoms with Crippen LogP contribution in [-0.2, 0) is 4.79 Å². The van der Waals surface area contributed by atoms with E-state index < -0.39 is 5.67 Å². The molecule has 1 aliphatic heterocycles. The van der Waals surface area contributed by atoms with Crippen molar-refractivity contribution < 1.29 is 13.9 Å². The summed E-state index contributed by atoms with van der Waals surface area (Å²) in [6.45, 7) is 1.74. The predicted octanol–water partition coefficient (Wildman–Crippen LogP) is 1.86. The molecule has 6 heteroatoms. The number of piperidine rings is 1. The number of anilines is 1. The molecule has 0 bridgehead atoms. The minimum Gasteiger partial charge on any atom is -0.495 e. The van der Waals surface area contributed by atoms with E-state index in [1.807, 2.05) is 18.2 Å². The largest absolute Gasteiger partial charge is 0.495 e. The molecule has 3 N–H and O–H groups in total. The van der Waals surface area contributed by atoms with Crippen molar-refractivity contribution in [1.82, 2.24) is 5.32 Å². The minimum absolute atomic E-state index is 0.00801. The van der Waals surface area contributed by atoms with Crippen LogP contribution < -0.4 is 20.7 Å². The Morgan fingerprint density at radius 1 is 1.38 bits per heavy atom. The van der Waals surface area contributed by atoms with E-state index in [4.69, 9.17) is 10.5 Å². The molecule has 132 valence electrons. The van der Waals surface area contributed by atoms with Gasteiger partial charge in [-0.05, 0) is 37.8 Å². The van der Waals surface area contributed by atoms with Gasteiger partial charge in [-0.25, -0.2) is 4.39 Å². The second-order valence-corrected chi connectivity index (χ2v) is 6.90. The summed E-state index contributed by atoms with van der Waals surface area (Å²) in [4.78, 5) is 14.5. The predicted molar refractivity (Wildman–Crippen MR) is 92.0 cm³/mol. The Morgan fingerprint density at radius 2 is 2.04 bits per heavy atom. The molecule has 1 amide bonds. The maximum absolute atomic E-state index is 13.8. The number of nitrogens with two attached hydrogens (primary N) is 1. The fourth-order valence-corrected chi connectivity index (χ4v) is 3.65. The van der Waals surface area contributed by atoms with E-state index in [1.54, 1.807) is 7.11 Å². The Labute approximate surface area is 142 Å². The lowest BCUT2D eigenvalue weighted by atomic mass is 9.71. The summed E-state index contributed by atoms with van der Waals surface area (Å²) >= 11 is 0. The Bertz CT molecular complexity index is 581. The molecule has 24 heavy (non-hydrogen) atoms. The van der Waals surface area contributed by atoms with Crippen LogP contribution in [0.15, 0.2) is 24.3 Å². The third kappa shape index (κ3) is 3.48. The van der Waals surface area contributed by atoms with Crippen molar-refractivity contribution in [1.29, 1.82) is 0 Å². The first kappa shape index (κ1) is 17.0. The van der Waals surface area contributed by atoms with E-state index in [-0.39, 0.29) is 37.3 Å². The average Bonchev–Trinajstić information content (AvgIpc) is 2.59. The number of carbonyl (C=O) groups is 1. The van der Waals surface area contributed by atoms with Gasteiger partial charge in [0, 0.05) is 31.6 Å². The molecule has 0 unspecified atom stereocenters. The molecular formula is C18H26FN3O2. The first-order chi connectivity index (χ1) is 11.5. The number of para-hydroxylation sites is 2. The summed E-state index contributed by atoms with van der Waals surface area (Å²) in [7, 11) is 1.68. The Kier molecular flexibility index (Phi) is 4.94. The van der Waals surface area contributed by atoms with Gasteiger partial charge in [0.25, 0.3) is 0 Å². The molecule has 5 nitrogen and oxygen atoms in total. The number of carbonyl (C=O) groups excluding carboxylic acids is 1. The van der Waals surface area contributed by atoms with E-state index in [2.05, 4.69) is 16.3 Å². The zero-order chi connectivity index (χ0) is 17.2. The van der Waals surface area contributed by atoms with Crippen LogP contribution in [0, 0.1) is 5.92 Å². The number of alkyl halides is 1. The molecule has 1 heterocycles. The topological polar surface area (TPSA) is 67.6 Å². The first-order valence-corrected chi connectivity index (χ1v) is 8.62. The molecule has 2 aliphatic rings. The van der Waals surface area contributed by atoms with Crippen molar-refractivity contribution in [3.05, 3.63) is 24.3 Å². The smallest absolute Gasteiger partial charge is 0.223 e. The molecule has 1 aromatic carbocycles. The number of halogens is 1. The summed E-state index contributed by atoms with van der Waals surface area (Å²) in [6.07, 6.45) is 2.28. The third-order valence-corrected chi connectivity index (χ3v) is 5.23. The number of benzene rings is 1. The van der Waals surface area contributed by atoms with Gasteiger partial charge >= 0.3 is 0 Å². The summed E-state index contributed by atoms with van der Waals surface area (Å²) < 4.78 is 19.2. The lowest BCUT2D eigenvalue weighted by Gasteiger charge is -2.41. The number of nitrogens with zero attached hydrogens (tertiary/aromatic N) is 1. The van der Waals surface area contributed by atoms with Gasteiger partial charge < -0.3 is 20.7 Å². The number of ether oxygens (including phenoxy) is 1. The van der Waals surface area contributed by atoms with Crippen LogP contribution in [0.25, 0.3) is 0 Å². The van der Waals surface area contributed by atoms with E-state index in [1.165, 1.54) is 0 Å². The fraction of sp³-hybridized carbons (Fsp3) is 0.611. The number of hydrogen-bond acceptors (Lipinski definition) is 4. The second kappa shape index (κ2) is 6.97. The fourth-order valence-electron chi connectivity index (χ4n) is 3.65. The van der Waals surface area contributed by atoms with Gasteiger partial charge in [0.2, 0.25) is 5.91 Å². The minimum atomic E-state index is -1.32. The number of rotatable bonds is 5. The van der Waals surface area contributed by atoms with Gasteiger partial charge in [0.1, 0.15) is 11.4 Å². The highest BCUT2D eigenvalue weighted by atomic mass is 19.1. The Balaban J connectivity index is 1.48. The van der Waals surface area contributed by atoms with Gasteiger partial charge in [-0.1, -0.05) is 12.1 Å². The van der Waals surface area contributed by atoms with Gasteiger partial charge in [0.05, 0.1) is 12.8 Å². The van der Waals surface area contributed by atoms with Gasteiger partial charge in [0.15, 0.2) is 0 Å². The number of amides is 1. The van der Waals surface area contributed by atoms with Crippen molar-refractivity contribution in [2.75, 3.05) is 31.6 Å².